The van der Waals surface area contributed by atoms with Crippen LogP contribution >= 0.6 is 0 Å². The Morgan fingerprint density at radius 3 is 1.00 bits per heavy atom. The number of rotatable bonds is 45. The third kappa shape index (κ3) is 43.8. The molecule has 0 amide bonds. The number of hydrogen-bond donors (Lipinski definition) is 0. The van der Waals surface area contributed by atoms with E-state index in [0.29, 0.717) is 19.3 Å². The van der Waals surface area contributed by atoms with Crippen molar-refractivity contribution in [1.82, 2.24) is 0 Å². The van der Waals surface area contributed by atoms with Gasteiger partial charge in [-0.3, -0.25) is 14.4 Å². The SMILES string of the molecule is CCCCCCCCCCCCCCCCCC(=O)O[C@@H](COC(=O)CCCCCCCCCCCCCC(C)C)COC(=O)CCCCCCCCC(C)CC. The van der Waals surface area contributed by atoms with Gasteiger partial charge in [-0.05, 0) is 31.1 Å². The predicted molar refractivity (Wildman–Crippen MR) is 243 cm³/mol. The first kappa shape index (κ1) is 55.4. The van der Waals surface area contributed by atoms with Gasteiger partial charge in [-0.15, -0.1) is 0 Å². The van der Waals surface area contributed by atoms with Crippen molar-refractivity contribution in [1.29, 1.82) is 0 Å². The van der Waals surface area contributed by atoms with Gasteiger partial charge in [0.25, 0.3) is 0 Å². The van der Waals surface area contributed by atoms with E-state index in [9.17, 15) is 14.4 Å². The van der Waals surface area contributed by atoms with Crippen LogP contribution < -0.4 is 0 Å². The van der Waals surface area contributed by atoms with Crippen LogP contribution in [0, 0.1) is 11.8 Å². The number of carbonyl (C=O) groups excluding carboxylic acids is 3. The van der Waals surface area contributed by atoms with Crippen molar-refractivity contribution in [2.75, 3.05) is 13.2 Å². The molecule has 0 radical (unpaired) electrons. The Hall–Kier alpha value is -1.59. The maximum Gasteiger partial charge on any atom is 0.306 e. The summed E-state index contributed by atoms with van der Waals surface area (Å²) in [6.45, 7) is 11.3. The highest BCUT2D eigenvalue weighted by molar-refractivity contribution is 5.71. The number of unbranched alkanes of at least 4 members (excludes halogenated alkanes) is 29. The van der Waals surface area contributed by atoms with Gasteiger partial charge in [0.05, 0.1) is 0 Å². The first-order valence-corrected chi connectivity index (χ1v) is 25.3. The topological polar surface area (TPSA) is 78.9 Å². The Bertz CT molecular complexity index is 872. The first-order chi connectivity index (χ1) is 27.8. The molecule has 0 rings (SSSR count). The van der Waals surface area contributed by atoms with Crippen LogP contribution in [0.3, 0.4) is 0 Å². The Labute approximate surface area is 355 Å². The summed E-state index contributed by atoms with van der Waals surface area (Å²) in [6.07, 6.45) is 43.7. The zero-order chi connectivity index (χ0) is 41.9. The lowest BCUT2D eigenvalue weighted by Crippen LogP contribution is -2.30. The van der Waals surface area contributed by atoms with Crippen LogP contribution in [-0.2, 0) is 28.6 Å². The fourth-order valence-electron chi connectivity index (χ4n) is 7.60. The van der Waals surface area contributed by atoms with Crippen molar-refractivity contribution in [3.05, 3.63) is 0 Å². The van der Waals surface area contributed by atoms with E-state index < -0.39 is 6.10 Å². The second-order valence-corrected chi connectivity index (χ2v) is 18.2. The first-order valence-electron chi connectivity index (χ1n) is 25.3. The highest BCUT2D eigenvalue weighted by Crippen LogP contribution is 2.17. The van der Waals surface area contributed by atoms with E-state index in [1.165, 1.54) is 167 Å². The van der Waals surface area contributed by atoms with Crippen LogP contribution in [0.4, 0.5) is 0 Å². The Kier molecular flexibility index (Phi) is 42.7. The lowest BCUT2D eigenvalue weighted by Gasteiger charge is -2.18. The lowest BCUT2D eigenvalue weighted by atomic mass is 10.00. The molecule has 2 atom stereocenters. The van der Waals surface area contributed by atoms with Gasteiger partial charge in [0.15, 0.2) is 6.10 Å². The third-order valence-electron chi connectivity index (χ3n) is 11.8. The number of hydrogen-bond acceptors (Lipinski definition) is 6. The minimum atomic E-state index is -0.762. The maximum absolute atomic E-state index is 12.8. The molecule has 338 valence electrons. The summed E-state index contributed by atoms with van der Waals surface area (Å²) in [5, 5.41) is 0. The monoisotopic (exact) mass is 807 g/mol. The molecule has 0 aliphatic heterocycles. The molecule has 6 heteroatoms. The Morgan fingerprint density at radius 1 is 0.368 bits per heavy atom. The largest absolute Gasteiger partial charge is 0.462 e. The average Bonchev–Trinajstić information content (AvgIpc) is 3.19. The molecule has 0 N–H and O–H groups in total. The molecule has 0 bridgehead atoms. The van der Waals surface area contributed by atoms with Crippen molar-refractivity contribution in [2.45, 2.75) is 285 Å². The van der Waals surface area contributed by atoms with Crippen molar-refractivity contribution in [3.8, 4) is 0 Å². The summed E-state index contributed by atoms with van der Waals surface area (Å²) in [7, 11) is 0. The average molecular weight is 807 g/mol. The van der Waals surface area contributed by atoms with E-state index in [4.69, 9.17) is 14.2 Å². The van der Waals surface area contributed by atoms with E-state index in [-0.39, 0.29) is 31.1 Å². The van der Waals surface area contributed by atoms with Gasteiger partial charge < -0.3 is 14.2 Å². The molecule has 0 aliphatic rings. The summed E-state index contributed by atoms with van der Waals surface area (Å²) < 4.78 is 16.8. The van der Waals surface area contributed by atoms with Crippen LogP contribution in [0.1, 0.15) is 279 Å². The molecule has 0 saturated carbocycles. The van der Waals surface area contributed by atoms with Gasteiger partial charge in [-0.2, -0.15) is 0 Å². The van der Waals surface area contributed by atoms with Crippen molar-refractivity contribution in [2.24, 2.45) is 11.8 Å². The van der Waals surface area contributed by atoms with Gasteiger partial charge >= 0.3 is 17.9 Å². The lowest BCUT2D eigenvalue weighted by molar-refractivity contribution is -0.167. The van der Waals surface area contributed by atoms with Crippen molar-refractivity contribution in [3.63, 3.8) is 0 Å². The maximum atomic E-state index is 12.8. The fourth-order valence-corrected chi connectivity index (χ4v) is 7.60. The molecular weight excluding hydrogens is 709 g/mol. The molecule has 0 aromatic heterocycles. The number of carbonyl (C=O) groups is 3. The summed E-state index contributed by atoms with van der Waals surface area (Å²) in [5.41, 5.74) is 0. The highest BCUT2D eigenvalue weighted by atomic mass is 16.6. The van der Waals surface area contributed by atoms with E-state index in [1.54, 1.807) is 0 Å². The summed E-state index contributed by atoms with van der Waals surface area (Å²) in [5.74, 6) is 0.788. The summed E-state index contributed by atoms with van der Waals surface area (Å²) in [6, 6.07) is 0. The van der Waals surface area contributed by atoms with Gasteiger partial charge in [0.1, 0.15) is 13.2 Å². The molecule has 0 aliphatic carbocycles. The second kappa shape index (κ2) is 44.0. The van der Waals surface area contributed by atoms with Gasteiger partial charge in [0, 0.05) is 19.3 Å². The normalized spacial score (nSPS) is 12.5. The molecule has 0 aromatic carbocycles. The van der Waals surface area contributed by atoms with E-state index >= 15 is 0 Å². The van der Waals surface area contributed by atoms with E-state index in [1.807, 2.05) is 0 Å². The summed E-state index contributed by atoms with van der Waals surface area (Å²) >= 11 is 0. The number of esters is 3. The smallest absolute Gasteiger partial charge is 0.306 e. The Balaban J connectivity index is 4.31. The minimum absolute atomic E-state index is 0.0647. The minimum Gasteiger partial charge on any atom is -0.462 e. The van der Waals surface area contributed by atoms with E-state index in [2.05, 4.69) is 34.6 Å². The van der Waals surface area contributed by atoms with Crippen LogP contribution in [0.25, 0.3) is 0 Å². The van der Waals surface area contributed by atoms with Crippen LogP contribution in [0.2, 0.25) is 0 Å². The Morgan fingerprint density at radius 2 is 0.667 bits per heavy atom. The standard InChI is InChI=1S/C51H98O6/c1-6-8-9-10-11-12-13-14-15-16-19-23-26-33-38-43-51(54)57-48(45-56-50(53)42-37-32-28-27-30-35-40-47(5)7-2)44-55-49(52)41-36-31-25-22-20-17-18-21-24-29-34-39-46(3)4/h46-48H,6-45H2,1-5H3/t47?,48-/m0/s1. The van der Waals surface area contributed by atoms with Crippen LogP contribution in [-0.4, -0.2) is 37.2 Å². The quantitative estimate of drug-likeness (QED) is 0.0346. The van der Waals surface area contributed by atoms with Crippen LogP contribution in [0.15, 0.2) is 0 Å². The van der Waals surface area contributed by atoms with E-state index in [0.717, 1.165) is 69.6 Å². The molecule has 57 heavy (non-hydrogen) atoms. The zero-order valence-corrected chi connectivity index (χ0v) is 39.0. The van der Waals surface area contributed by atoms with Crippen molar-refractivity contribution >= 4 is 17.9 Å². The molecule has 0 heterocycles. The molecule has 1 unspecified atom stereocenters. The highest BCUT2D eigenvalue weighted by Gasteiger charge is 2.19. The van der Waals surface area contributed by atoms with Crippen molar-refractivity contribution < 1.29 is 28.6 Å². The second-order valence-electron chi connectivity index (χ2n) is 18.2. The third-order valence-corrected chi connectivity index (χ3v) is 11.8. The zero-order valence-electron chi connectivity index (χ0n) is 39.0. The van der Waals surface area contributed by atoms with Gasteiger partial charge in [-0.1, -0.05) is 240 Å². The van der Waals surface area contributed by atoms with Gasteiger partial charge in [-0.25, -0.2) is 0 Å². The summed E-state index contributed by atoms with van der Waals surface area (Å²) in [4.78, 5) is 37.9. The molecular formula is C51H98O6. The molecule has 0 spiro atoms. The molecule has 0 fully saturated rings. The number of ether oxygens (including phenoxy) is 3. The molecule has 6 nitrogen and oxygen atoms in total. The van der Waals surface area contributed by atoms with Crippen LogP contribution in [0.5, 0.6) is 0 Å². The predicted octanol–water partition coefficient (Wildman–Crippen LogP) is 16.1. The fraction of sp³-hybridized carbons (Fsp3) is 0.941. The molecule has 0 saturated heterocycles. The van der Waals surface area contributed by atoms with Gasteiger partial charge in [0.2, 0.25) is 0 Å². The molecule has 0 aromatic rings.